The van der Waals surface area contributed by atoms with E-state index in [2.05, 4.69) is 12.1 Å². The third-order valence-corrected chi connectivity index (χ3v) is 5.48. The normalized spacial score (nSPS) is 17.6. The van der Waals surface area contributed by atoms with Crippen LogP contribution in [0.3, 0.4) is 0 Å². The molecule has 2 heterocycles. The SMILES string of the molecule is COc1ccc(C2(CN=Cc3ccc4c(c3)OCO4)CCOCC2)cc1OC. The molecule has 0 aliphatic carbocycles. The molecule has 6 nitrogen and oxygen atoms in total. The summed E-state index contributed by atoms with van der Waals surface area (Å²) in [4.78, 5) is 4.79. The van der Waals surface area contributed by atoms with Gasteiger partial charge in [0.25, 0.3) is 0 Å². The monoisotopic (exact) mass is 383 g/mol. The Morgan fingerprint density at radius 2 is 1.75 bits per heavy atom. The fourth-order valence-corrected chi connectivity index (χ4v) is 3.79. The summed E-state index contributed by atoms with van der Waals surface area (Å²) in [7, 11) is 3.31. The minimum atomic E-state index is -0.0787. The van der Waals surface area contributed by atoms with Crippen LogP contribution in [0.15, 0.2) is 41.4 Å². The van der Waals surface area contributed by atoms with E-state index in [0.717, 1.165) is 54.6 Å². The van der Waals surface area contributed by atoms with Crippen LogP contribution in [-0.4, -0.2) is 47.0 Å². The fourth-order valence-electron chi connectivity index (χ4n) is 3.79. The highest BCUT2D eigenvalue weighted by atomic mass is 16.7. The maximum atomic E-state index is 5.62. The Morgan fingerprint density at radius 3 is 2.54 bits per heavy atom. The molecular weight excluding hydrogens is 358 g/mol. The number of nitrogens with zero attached hydrogens (tertiary/aromatic N) is 1. The minimum absolute atomic E-state index is 0.0787. The number of hydrogen-bond acceptors (Lipinski definition) is 6. The van der Waals surface area contributed by atoms with Crippen molar-refractivity contribution in [2.24, 2.45) is 4.99 Å². The molecule has 0 amide bonds. The van der Waals surface area contributed by atoms with E-state index in [1.165, 1.54) is 5.56 Å². The summed E-state index contributed by atoms with van der Waals surface area (Å²) in [6.45, 7) is 2.42. The quantitative estimate of drug-likeness (QED) is 0.714. The highest BCUT2D eigenvalue weighted by Crippen LogP contribution is 2.39. The number of methoxy groups -OCH3 is 2. The first-order valence-electron chi connectivity index (χ1n) is 9.44. The Kier molecular flexibility index (Phi) is 5.39. The van der Waals surface area contributed by atoms with Crippen LogP contribution in [0.1, 0.15) is 24.0 Å². The van der Waals surface area contributed by atoms with E-state index in [9.17, 15) is 0 Å². The second-order valence-electron chi connectivity index (χ2n) is 7.04. The van der Waals surface area contributed by atoms with Gasteiger partial charge >= 0.3 is 0 Å². The molecule has 1 fully saturated rings. The Balaban J connectivity index is 1.57. The molecule has 2 aliphatic heterocycles. The van der Waals surface area contributed by atoms with Gasteiger partial charge in [0.2, 0.25) is 6.79 Å². The summed E-state index contributed by atoms with van der Waals surface area (Å²) >= 11 is 0. The molecule has 6 heteroatoms. The van der Waals surface area contributed by atoms with E-state index in [-0.39, 0.29) is 12.2 Å². The van der Waals surface area contributed by atoms with Crippen molar-refractivity contribution in [1.29, 1.82) is 0 Å². The first kappa shape index (κ1) is 18.6. The van der Waals surface area contributed by atoms with Gasteiger partial charge in [-0.1, -0.05) is 6.07 Å². The van der Waals surface area contributed by atoms with Gasteiger partial charge in [0, 0.05) is 31.4 Å². The molecule has 2 aromatic carbocycles. The first-order chi connectivity index (χ1) is 13.7. The number of rotatable bonds is 6. The van der Waals surface area contributed by atoms with Crippen LogP contribution in [0, 0.1) is 0 Å². The number of fused-ring (bicyclic) bond motifs is 1. The highest BCUT2D eigenvalue weighted by molar-refractivity contribution is 5.81. The van der Waals surface area contributed by atoms with Gasteiger partial charge in [0.05, 0.1) is 14.2 Å². The third-order valence-electron chi connectivity index (χ3n) is 5.48. The predicted molar refractivity (Wildman–Crippen MR) is 106 cm³/mol. The van der Waals surface area contributed by atoms with Gasteiger partial charge in [-0.25, -0.2) is 0 Å². The van der Waals surface area contributed by atoms with Crippen LogP contribution in [0.5, 0.6) is 23.0 Å². The zero-order chi connectivity index (χ0) is 19.4. The summed E-state index contributed by atoms with van der Waals surface area (Å²) < 4.78 is 27.3. The van der Waals surface area contributed by atoms with E-state index in [0.29, 0.717) is 6.54 Å². The van der Waals surface area contributed by atoms with Crippen LogP contribution < -0.4 is 18.9 Å². The van der Waals surface area contributed by atoms with Crippen LogP contribution >= 0.6 is 0 Å². The van der Waals surface area contributed by atoms with Gasteiger partial charge in [-0.15, -0.1) is 0 Å². The maximum Gasteiger partial charge on any atom is 0.231 e. The first-order valence-corrected chi connectivity index (χ1v) is 9.44. The van der Waals surface area contributed by atoms with Crippen LogP contribution in [0.4, 0.5) is 0 Å². The average molecular weight is 383 g/mol. The maximum absolute atomic E-state index is 5.62. The van der Waals surface area contributed by atoms with Crippen molar-refractivity contribution in [2.45, 2.75) is 18.3 Å². The molecule has 4 rings (SSSR count). The fraction of sp³-hybridized carbons (Fsp3) is 0.409. The van der Waals surface area contributed by atoms with Gasteiger partial charge in [-0.05, 0) is 54.3 Å². The molecule has 0 atom stereocenters. The van der Waals surface area contributed by atoms with Crippen molar-refractivity contribution >= 4 is 6.21 Å². The van der Waals surface area contributed by atoms with E-state index < -0.39 is 0 Å². The Bertz CT molecular complexity index is 858. The lowest BCUT2D eigenvalue weighted by Crippen LogP contribution is -2.36. The van der Waals surface area contributed by atoms with E-state index >= 15 is 0 Å². The molecule has 0 saturated carbocycles. The van der Waals surface area contributed by atoms with Crippen molar-refractivity contribution in [2.75, 3.05) is 40.8 Å². The lowest BCUT2D eigenvalue weighted by molar-refractivity contribution is 0.0531. The van der Waals surface area contributed by atoms with Crippen molar-refractivity contribution in [1.82, 2.24) is 0 Å². The summed E-state index contributed by atoms with van der Waals surface area (Å²) in [5, 5.41) is 0. The molecule has 0 aromatic heterocycles. The van der Waals surface area contributed by atoms with Crippen molar-refractivity contribution in [3.05, 3.63) is 47.5 Å². The lowest BCUT2D eigenvalue weighted by atomic mass is 9.74. The Morgan fingerprint density at radius 1 is 0.964 bits per heavy atom. The second-order valence-corrected chi connectivity index (χ2v) is 7.04. The van der Waals surface area contributed by atoms with E-state index in [1.54, 1.807) is 14.2 Å². The molecule has 0 spiro atoms. The topological polar surface area (TPSA) is 58.5 Å². The van der Waals surface area contributed by atoms with Gasteiger partial charge in [-0.2, -0.15) is 0 Å². The van der Waals surface area contributed by atoms with Crippen LogP contribution in [0.2, 0.25) is 0 Å². The van der Waals surface area contributed by atoms with Crippen molar-refractivity contribution in [3.63, 3.8) is 0 Å². The van der Waals surface area contributed by atoms with Gasteiger partial charge < -0.3 is 23.7 Å². The zero-order valence-electron chi connectivity index (χ0n) is 16.3. The molecule has 2 aromatic rings. The molecule has 0 N–H and O–H groups in total. The smallest absolute Gasteiger partial charge is 0.231 e. The molecule has 28 heavy (non-hydrogen) atoms. The largest absolute Gasteiger partial charge is 0.493 e. The van der Waals surface area contributed by atoms with E-state index in [4.69, 9.17) is 28.7 Å². The van der Waals surface area contributed by atoms with Gasteiger partial charge in [0.1, 0.15) is 0 Å². The summed E-state index contributed by atoms with van der Waals surface area (Å²) in [5.41, 5.74) is 2.13. The molecule has 148 valence electrons. The number of ether oxygens (including phenoxy) is 5. The number of benzene rings is 2. The predicted octanol–water partition coefficient (Wildman–Crippen LogP) is 3.60. The average Bonchev–Trinajstić information content (AvgIpc) is 3.22. The lowest BCUT2D eigenvalue weighted by Gasteiger charge is -2.36. The van der Waals surface area contributed by atoms with Gasteiger partial charge in [0.15, 0.2) is 23.0 Å². The molecule has 0 unspecified atom stereocenters. The molecule has 0 radical (unpaired) electrons. The van der Waals surface area contributed by atoms with E-state index in [1.807, 2.05) is 30.5 Å². The minimum Gasteiger partial charge on any atom is -0.493 e. The van der Waals surface area contributed by atoms with Crippen molar-refractivity contribution < 1.29 is 23.7 Å². The van der Waals surface area contributed by atoms with Crippen LogP contribution in [0.25, 0.3) is 0 Å². The molecule has 1 saturated heterocycles. The highest BCUT2D eigenvalue weighted by Gasteiger charge is 2.35. The summed E-state index contributed by atoms with van der Waals surface area (Å²) in [6.07, 6.45) is 3.74. The zero-order valence-corrected chi connectivity index (χ0v) is 16.3. The summed E-state index contributed by atoms with van der Waals surface area (Å²) in [6, 6.07) is 12.0. The number of hydrogen-bond donors (Lipinski definition) is 0. The third kappa shape index (κ3) is 3.64. The standard InChI is InChI=1S/C22H25NO5/c1-24-18-6-4-17(12-20(18)25-2)22(7-9-26-10-8-22)14-23-13-16-3-5-19-21(11-16)28-15-27-19/h3-6,11-13H,7-10,14-15H2,1-2H3. The molecule has 0 bridgehead atoms. The van der Waals surface area contributed by atoms with Crippen LogP contribution in [-0.2, 0) is 10.2 Å². The molecular formula is C22H25NO5. The number of aliphatic imine (C=N–C) groups is 1. The Hall–Kier alpha value is -2.73. The molecule has 2 aliphatic rings. The summed E-state index contributed by atoms with van der Waals surface area (Å²) in [5.74, 6) is 3.02. The van der Waals surface area contributed by atoms with Gasteiger partial charge in [-0.3, -0.25) is 4.99 Å². The Labute approximate surface area is 165 Å². The van der Waals surface area contributed by atoms with Crippen molar-refractivity contribution in [3.8, 4) is 23.0 Å². The second kappa shape index (κ2) is 8.10.